The molecule has 1 N–H and O–H groups in total. The SMILES string of the molecule is C[C@H](NC(=O)[C@@H](C)OC(=O)[C@]1(C)CC1(Cl)Cl)c1ccc(Cl)cc1Cl. The van der Waals surface area contributed by atoms with Gasteiger partial charge in [0.05, 0.1) is 6.04 Å². The van der Waals surface area contributed by atoms with Crippen molar-refractivity contribution in [2.75, 3.05) is 0 Å². The molecule has 0 heterocycles. The largest absolute Gasteiger partial charge is 0.452 e. The van der Waals surface area contributed by atoms with E-state index in [4.69, 9.17) is 51.1 Å². The monoisotopic (exact) mass is 411 g/mol. The second kappa shape index (κ2) is 6.91. The van der Waals surface area contributed by atoms with Gasteiger partial charge in [-0.15, -0.1) is 23.2 Å². The first-order valence-electron chi connectivity index (χ1n) is 7.32. The van der Waals surface area contributed by atoms with E-state index in [0.29, 0.717) is 22.0 Å². The lowest BCUT2D eigenvalue weighted by molar-refractivity contribution is -0.159. The van der Waals surface area contributed by atoms with E-state index in [1.807, 2.05) is 0 Å². The zero-order valence-electron chi connectivity index (χ0n) is 13.3. The van der Waals surface area contributed by atoms with Gasteiger partial charge in [0.25, 0.3) is 5.91 Å². The van der Waals surface area contributed by atoms with Crippen molar-refractivity contribution in [2.45, 2.75) is 43.7 Å². The van der Waals surface area contributed by atoms with Gasteiger partial charge in [-0.1, -0.05) is 29.3 Å². The molecular formula is C16H17Cl4NO3. The molecule has 0 aromatic heterocycles. The van der Waals surface area contributed by atoms with Crippen LogP contribution in [0.4, 0.5) is 0 Å². The van der Waals surface area contributed by atoms with E-state index in [-0.39, 0.29) is 6.04 Å². The zero-order chi connectivity index (χ0) is 18.3. The number of amides is 1. The number of carbonyl (C=O) groups excluding carboxylic acids is 2. The third kappa shape index (κ3) is 3.93. The fraction of sp³-hybridized carbons (Fsp3) is 0.500. The van der Waals surface area contributed by atoms with Crippen LogP contribution in [0.3, 0.4) is 0 Å². The number of halogens is 4. The van der Waals surface area contributed by atoms with Crippen LogP contribution in [0.1, 0.15) is 38.8 Å². The fourth-order valence-electron chi connectivity index (χ4n) is 2.23. The fourth-order valence-corrected chi connectivity index (χ4v) is 3.49. The molecule has 0 aliphatic heterocycles. The lowest BCUT2D eigenvalue weighted by atomic mass is 10.1. The van der Waals surface area contributed by atoms with E-state index in [1.165, 1.54) is 6.92 Å². The second-order valence-electron chi connectivity index (χ2n) is 6.16. The molecule has 0 saturated heterocycles. The summed E-state index contributed by atoms with van der Waals surface area (Å²) in [5, 5.41) is 3.70. The number of alkyl halides is 2. The number of nitrogens with one attached hydrogen (secondary N) is 1. The normalized spacial score (nSPS) is 24.0. The minimum atomic E-state index is -1.13. The summed E-state index contributed by atoms with van der Waals surface area (Å²) in [6.07, 6.45) is -0.680. The molecule has 0 bridgehead atoms. The number of rotatable bonds is 5. The minimum absolute atomic E-state index is 0.299. The first-order valence-corrected chi connectivity index (χ1v) is 8.83. The molecule has 0 unspecified atom stereocenters. The third-order valence-corrected chi connectivity index (χ3v) is 5.81. The van der Waals surface area contributed by atoms with E-state index in [9.17, 15) is 9.59 Å². The van der Waals surface area contributed by atoms with E-state index < -0.39 is 27.7 Å². The molecule has 1 aliphatic rings. The molecule has 1 aromatic carbocycles. The highest BCUT2D eigenvalue weighted by Crippen LogP contribution is 2.64. The predicted octanol–water partition coefficient (Wildman–Crippen LogP) is 4.69. The molecule has 8 heteroatoms. The molecule has 1 aliphatic carbocycles. The lowest BCUT2D eigenvalue weighted by Crippen LogP contribution is -2.39. The van der Waals surface area contributed by atoms with Crippen molar-refractivity contribution in [1.82, 2.24) is 5.32 Å². The number of hydrogen-bond acceptors (Lipinski definition) is 3. The van der Waals surface area contributed by atoms with Gasteiger partial charge in [-0.05, 0) is 38.5 Å². The molecule has 4 nitrogen and oxygen atoms in total. The van der Waals surface area contributed by atoms with E-state index in [0.717, 1.165) is 0 Å². The van der Waals surface area contributed by atoms with Gasteiger partial charge in [-0.3, -0.25) is 9.59 Å². The molecule has 132 valence electrons. The van der Waals surface area contributed by atoms with Crippen LogP contribution in [0.5, 0.6) is 0 Å². The topological polar surface area (TPSA) is 55.4 Å². The number of carbonyl (C=O) groups is 2. The van der Waals surface area contributed by atoms with E-state index in [2.05, 4.69) is 5.32 Å². The maximum atomic E-state index is 12.2. The van der Waals surface area contributed by atoms with Gasteiger partial charge in [0.2, 0.25) is 0 Å². The number of ether oxygens (including phenoxy) is 1. The Labute approximate surface area is 160 Å². The summed E-state index contributed by atoms with van der Waals surface area (Å²) in [6.45, 7) is 4.86. The Kier molecular flexibility index (Phi) is 5.65. The Morgan fingerprint density at radius 1 is 1.25 bits per heavy atom. The lowest BCUT2D eigenvalue weighted by Gasteiger charge is -2.20. The van der Waals surface area contributed by atoms with Crippen molar-refractivity contribution < 1.29 is 14.3 Å². The van der Waals surface area contributed by atoms with E-state index in [1.54, 1.807) is 32.0 Å². The van der Waals surface area contributed by atoms with Crippen LogP contribution >= 0.6 is 46.4 Å². The third-order valence-electron chi connectivity index (χ3n) is 4.15. The van der Waals surface area contributed by atoms with Gasteiger partial charge >= 0.3 is 5.97 Å². The average Bonchev–Trinajstić information content (AvgIpc) is 2.98. The molecule has 3 atom stereocenters. The van der Waals surface area contributed by atoms with Gasteiger partial charge in [-0.25, -0.2) is 0 Å². The molecule has 1 saturated carbocycles. The zero-order valence-corrected chi connectivity index (χ0v) is 16.4. The standard InChI is InChI=1S/C16H17Cl4NO3/c1-8(11-5-4-10(17)6-12(11)18)21-13(22)9(2)24-14(23)15(3)7-16(15,19)20/h4-6,8-9H,7H2,1-3H3,(H,21,22)/t8-,9+,15-/m0/s1. The summed E-state index contributed by atoms with van der Waals surface area (Å²) in [4.78, 5) is 24.3. The molecule has 1 fully saturated rings. The molecule has 1 aromatic rings. The smallest absolute Gasteiger partial charge is 0.315 e. The molecule has 1 amide bonds. The summed E-state index contributed by atoms with van der Waals surface area (Å²) in [5.74, 6) is -1.03. The van der Waals surface area contributed by atoms with Crippen molar-refractivity contribution in [3.05, 3.63) is 33.8 Å². The van der Waals surface area contributed by atoms with Gasteiger partial charge in [0.1, 0.15) is 9.75 Å². The Hall–Kier alpha value is -0.680. The van der Waals surface area contributed by atoms with Crippen LogP contribution < -0.4 is 5.32 Å². The van der Waals surface area contributed by atoms with Crippen molar-refractivity contribution in [2.24, 2.45) is 5.41 Å². The maximum absolute atomic E-state index is 12.2. The first kappa shape index (κ1) is 19.6. The molecule has 24 heavy (non-hydrogen) atoms. The van der Waals surface area contributed by atoms with Gasteiger partial charge < -0.3 is 10.1 Å². The predicted molar refractivity (Wildman–Crippen MR) is 95.7 cm³/mol. The summed E-state index contributed by atoms with van der Waals surface area (Å²) in [6, 6.07) is 4.63. The summed E-state index contributed by atoms with van der Waals surface area (Å²) >= 11 is 23.9. The molecule has 0 radical (unpaired) electrons. The summed E-state index contributed by atoms with van der Waals surface area (Å²) in [7, 11) is 0. The highest BCUT2D eigenvalue weighted by Gasteiger charge is 2.69. The van der Waals surface area contributed by atoms with Crippen LogP contribution in [0.15, 0.2) is 18.2 Å². The molecular weight excluding hydrogens is 396 g/mol. The van der Waals surface area contributed by atoms with Gasteiger partial charge in [0, 0.05) is 16.5 Å². The average molecular weight is 413 g/mol. The number of hydrogen-bond donors (Lipinski definition) is 1. The maximum Gasteiger partial charge on any atom is 0.315 e. The Bertz CT molecular complexity index is 679. The minimum Gasteiger partial charge on any atom is -0.452 e. The molecule has 0 spiro atoms. The second-order valence-corrected chi connectivity index (χ2v) is 8.48. The molecule has 2 rings (SSSR count). The summed E-state index contributed by atoms with van der Waals surface area (Å²) < 4.78 is 4.05. The van der Waals surface area contributed by atoms with Crippen LogP contribution in [0.2, 0.25) is 10.0 Å². The van der Waals surface area contributed by atoms with Crippen LogP contribution in [0.25, 0.3) is 0 Å². The summed E-state index contributed by atoms with van der Waals surface area (Å²) in [5.41, 5.74) is -0.266. The van der Waals surface area contributed by atoms with Crippen molar-refractivity contribution >= 4 is 58.3 Å². The highest BCUT2D eigenvalue weighted by atomic mass is 35.5. The van der Waals surface area contributed by atoms with Crippen LogP contribution in [0, 0.1) is 5.41 Å². The first-order chi connectivity index (χ1) is 11.0. The van der Waals surface area contributed by atoms with Crippen LogP contribution in [-0.2, 0) is 14.3 Å². The van der Waals surface area contributed by atoms with Crippen molar-refractivity contribution in [3.8, 4) is 0 Å². The van der Waals surface area contributed by atoms with Gasteiger partial charge in [-0.2, -0.15) is 0 Å². The Morgan fingerprint density at radius 3 is 2.33 bits per heavy atom. The van der Waals surface area contributed by atoms with Gasteiger partial charge in [0.15, 0.2) is 6.10 Å². The van der Waals surface area contributed by atoms with Crippen molar-refractivity contribution in [3.63, 3.8) is 0 Å². The highest BCUT2D eigenvalue weighted by molar-refractivity contribution is 6.53. The number of benzene rings is 1. The quantitative estimate of drug-likeness (QED) is 0.563. The Morgan fingerprint density at radius 2 is 1.83 bits per heavy atom. The van der Waals surface area contributed by atoms with E-state index >= 15 is 0 Å². The Balaban J connectivity index is 1.95. The van der Waals surface area contributed by atoms with Crippen molar-refractivity contribution in [1.29, 1.82) is 0 Å². The number of esters is 1. The van der Waals surface area contributed by atoms with Crippen LogP contribution in [-0.4, -0.2) is 22.3 Å².